The van der Waals surface area contributed by atoms with Crippen LogP contribution in [0.4, 0.5) is 0 Å². The van der Waals surface area contributed by atoms with Gasteiger partial charge in [-0.3, -0.25) is 4.90 Å². The highest BCUT2D eigenvalue weighted by molar-refractivity contribution is 5.36. The smallest absolute Gasteiger partial charge is 0.124 e. The standard InChI is InChI=1S/C17H29N3O/c1-4-21-17-10-6-5-9-15(17)16(12-18)20-11-7-8-14(13-20)19(2)3/h5-6,9-10,14,16H,4,7-8,11-13,18H2,1-3H3. The summed E-state index contributed by atoms with van der Waals surface area (Å²) in [6, 6.07) is 9.17. The van der Waals surface area contributed by atoms with Crippen molar-refractivity contribution in [3.63, 3.8) is 0 Å². The van der Waals surface area contributed by atoms with Gasteiger partial charge in [0.25, 0.3) is 0 Å². The van der Waals surface area contributed by atoms with Gasteiger partial charge in [0.2, 0.25) is 0 Å². The highest BCUT2D eigenvalue weighted by Crippen LogP contribution is 2.31. The highest BCUT2D eigenvalue weighted by Gasteiger charge is 2.28. The number of rotatable bonds is 6. The van der Waals surface area contributed by atoms with Crippen LogP contribution in [-0.2, 0) is 0 Å². The number of nitrogens with two attached hydrogens (primary N) is 1. The number of piperidine rings is 1. The molecule has 2 rings (SSSR count). The molecule has 1 aliphatic rings. The van der Waals surface area contributed by atoms with E-state index in [1.54, 1.807) is 0 Å². The average Bonchev–Trinajstić information content (AvgIpc) is 2.50. The Kier molecular flexibility index (Phi) is 6.03. The van der Waals surface area contributed by atoms with E-state index in [1.807, 2.05) is 13.0 Å². The first kappa shape index (κ1) is 16.3. The fourth-order valence-electron chi connectivity index (χ4n) is 3.20. The molecule has 21 heavy (non-hydrogen) atoms. The lowest BCUT2D eigenvalue weighted by Gasteiger charge is -2.40. The molecule has 2 N–H and O–H groups in total. The SMILES string of the molecule is CCOc1ccccc1C(CN)N1CCCC(N(C)C)C1. The number of likely N-dealkylation sites (N-methyl/N-ethyl adjacent to an activating group) is 1. The summed E-state index contributed by atoms with van der Waals surface area (Å²) in [6.45, 7) is 5.54. The second-order valence-electron chi connectivity index (χ2n) is 5.98. The van der Waals surface area contributed by atoms with Gasteiger partial charge in [0, 0.05) is 24.7 Å². The van der Waals surface area contributed by atoms with Crippen molar-refractivity contribution >= 4 is 0 Å². The van der Waals surface area contributed by atoms with Gasteiger partial charge in [-0.15, -0.1) is 0 Å². The molecule has 118 valence electrons. The molecule has 0 aromatic heterocycles. The van der Waals surface area contributed by atoms with Gasteiger partial charge in [-0.2, -0.15) is 0 Å². The van der Waals surface area contributed by atoms with Gasteiger partial charge in [0.15, 0.2) is 0 Å². The Labute approximate surface area is 128 Å². The zero-order valence-electron chi connectivity index (χ0n) is 13.6. The molecular weight excluding hydrogens is 262 g/mol. The molecule has 4 nitrogen and oxygen atoms in total. The van der Waals surface area contributed by atoms with Crippen LogP contribution in [0.1, 0.15) is 31.4 Å². The maximum Gasteiger partial charge on any atom is 0.124 e. The third kappa shape index (κ3) is 3.96. The van der Waals surface area contributed by atoms with Crippen LogP contribution in [0, 0.1) is 0 Å². The molecule has 2 atom stereocenters. The fourth-order valence-corrected chi connectivity index (χ4v) is 3.20. The van der Waals surface area contributed by atoms with Gasteiger partial charge < -0.3 is 15.4 Å². The van der Waals surface area contributed by atoms with Crippen molar-refractivity contribution in [1.29, 1.82) is 0 Å². The van der Waals surface area contributed by atoms with E-state index in [0.717, 1.165) is 18.8 Å². The van der Waals surface area contributed by atoms with Gasteiger partial charge in [0.1, 0.15) is 5.75 Å². The minimum absolute atomic E-state index is 0.246. The minimum Gasteiger partial charge on any atom is -0.494 e. The van der Waals surface area contributed by atoms with Crippen LogP contribution in [-0.4, -0.2) is 56.2 Å². The normalized spacial score (nSPS) is 21.5. The second-order valence-corrected chi connectivity index (χ2v) is 5.98. The summed E-state index contributed by atoms with van der Waals surface area (Å²) >= 11 is 0. The van der Waals surface area contributed by atoms with E-state index < -0.39 is 0 Å². The summed E-state index contributed by atoms with van der Waals surface area (Å²) in [5.74, 6) is 0.974. The van der Waals surface area contributed by atoms with Gasteiger partial charge in [-0.25, -0.2) is 0 Å². The molecule has 0 spiro atoms. The maximum atomic E-state index is 6.11. The van der Waals surface area contributed by atoms with E-state index in [-0.39, 0.29) is 6.04 Å². The quantitative estimate of drug-likeness (QED) is 0.871. The summed E-state index contributed by atoms with van der Waals surface area (Å²) in [5, 5.41) is 0. The predicted octanol–water partition coefficient (Wildman–Crippen LogP) is 2.11. The van der Waals surface area contributed by atoms with E-state index in [0.29, 0.717) is 19.2 Å². The fraction of sp³-hybridized carbons (Fsp3) is 0.647. The Balaban J connectivity index is 2.19. The number of hydrogen-bond donors (Lipinski definition) is 1. The highest BCUT2D eigenvalue weighted by atomic mass is 16.5. The largest absolute Gasteiger partial charge is 0.494 e. The molecule has 2 unspecified atom stereocenters. The van der Waals surface area contributed by atoms with Gasteiger partial charge in [0.05, 0.1) is 12.6 Å². The van der Waals surface area contributed by atoms with E-state index in [4.69, 9.17) is 10.5 Å². The molecule has 1 fully saturated rings. The van der Waals surface area contributed by atoms with Crippen molar-refractivity contribution in [2.45, 2.75) is 31.8 Å². The van der Waals surface area contributed by atoms with Crippen molar-refractivity contribution in [1.82, 2.24) is 9.80 Å². The topological polar surface area (TPSA) is 41.7 Å². The lowest BCUT2D eigenvalue weighted by atomic mass is 9.98. The molecule has 1 saturated heterocycles. The number of ether oxygens (including phenoxy) is 1. The zero-order valence-corrected chi connectivity index (χ0v) is 13.6. The van der Waals surface area contributed by atoms with E-state index in [9.17, 15) is 0 Å². The van der Waals surface area contributed by atoms with Crippen LogP contribution in [0.15, 0.2) is 24.3 Å². The first-order valence-corrected chi connectivity index (χ1v) is 7.99. The van der Waals surface area contributed by atoms with Crippen molar-refractivity contribution in [3.05, 3.63) is 29.8 Å². The van der Waals surface area contributed by atoms with Gasteiger partial charge in [-0.1, -0.05) is 18.2 Å². The van der Waals surface area contributed by atoms with Gasteiger partial charge >= 0.3 is 0 Å². The summed E-state index contributed by atoms with van der Waals surface area (Å²) in [4.78, 5) is 4.85. The molecule has 1 heterocycles. The molecule has 0 radical (unpaired) electrons. The minimum atomic E-state index is 0.246. The van der Waals surface area contributed by atoms with E-state index >= 15 is 0 Å². The van der Waals surface area contributed by atoms with E-state index in [2.05, 4.69) is 42.1 Å². The summed E-state index contributed by atoms with van der Waals surface area (Å²) < 4.78 is 5.79. The third-order valence-electron chi connectivity index (χ3n) is 4.40. The Morgan fingerprint density at radius 3 is 2.81 bits per heavy atom. The van der Waals surface area contributed by atoms with Crippen LogP contribution in [0.25, 0.3) is 0 Å². The van der Waals surface area contributed by atoms with Crippen LogP contribution < -0.4 is 10.5 Å². The molecule has 0 amide bonds. The molecular formula is C17H29N3O. The molecule has 0 saturated carbocycles. The lowest BCUT2D eigenvalue weighted by molar-refractivity contribution is 0.0970. The summed E-state index contributed by atoms with van der Waals surface area (Å²) in [7, 11) is 4.33. The Bertz CT molecular complexity index is 436. The second kappa shape index (κ2) is 7.78. The molecule has 4 heteroatoms. The molecule has 0 bridgehead atoms. The molecule has 1 aliphatic heterocycles. The number of para-hydroxylation sites is 1. The van der Waals surface area contributed by atoms with Crippen LogP contribution >= 0.6 is 0 Å². The zero-order chi connectivity index (χ0) is 15.2. The third-order valence-corrected chi connectivity index (χ3v) is 4.40. The Morgan fingerprint density at radius 2 is 2.14 bits per heavy atom. The number of benzene rings is 1. The lowest BCUT2D eigenvalue weighted by Crippen LogP contribution is -2.47. The average molecular weight is 291 g/mol. The van der Waals surface area contributed by atoms with Crippen molar-refractivity contribution in [3.8, 4) is 5.75 Å². The van der Waals surface area contributed by atoms with Crippen molar-refractivity contribution in [2.24, 2.45) is 5.73 Å². The van der Waals surface area contributed by atoms with Gasteiger partial charge in [-0.05, 0) is 46.5 Å². The Morgan fingerprint density at radius 1 is 1.38 bits per heavy atom. The molecule has 1 aromatic carbocycles. The molecule has 0 aliphatic carbocycles. The van der Waals surface area contributed by atoms with Crippen molar-refractivity contribution in [2.75, 3.05) is 40.3 Å². The number of likely N-dealkylation sites (tertiary alicyclic amines) is 1. The number of hydrogen-bond acceptors (Lipinski definition) is 4. The predicted molar refractivity (Wildman–Crippen MR) is 87.7 cm³/mol. The molecule has 1 aromatic rings. The monoisotopic (exact) mass is 291 g/mol. The van der Waals surface area contributed by atoms with Crippen molar-refractivity contribution < 1.29 is 4.74 Å². The maximum absolute atomic E-state index is 6.11. The van der Waals surface area contributed by atoms with Crippen LogP contribution in [0.3, 0.4) is 0 Å². The number of nitrogens with zero attached hydrogens (tertiary/aromatic N) is 2. The summed E-state index contributed by atoms with van der Waals surface area (Å²) in [6.07, 6.45) is 2.50. The first-order valence-electron chi connectivity index (χ1n) is 7.99. The van der Waals surface area contributed by atoms with Crippen LogP contribution in [0.5, 0.6) is 5.75 Å². The first-order chi connectivity index (χ1) is 10.2. The van der Waals surface area contributed by atoms with E-state index in [1.165, 1.54) is 18.4 Å². The Hall–Kier alpha value is -1.10. The summed E-state index contributed by atoms with van der Waals surface area (Å²) in [5.41, 5.74) is 7.33. The van der Waals surface area contributed by atoms with Crippen LogP contribution in [0.2, 0.25) is 0 Å².